The van der Waals surface area contributed by atoms with E-state index in [0.29, 0.717) is 0 Å². The van der Waals surface area contributed by atoms with E-state index in [2.05, 4.69) is 46.6 Å². The lowest BCUT2D eigenvalue weighted by molar-refractivity contribution is 0.390. The molecular weight excluding hydrogens is 274 g/mol. The van der Waals surface area contributed by atoms with Crippen molar-refractivity contribution in [2.75, 3.05) is 0 Å². The second kappa shape index (κ2) is 5.89. The molecule has 1 N–H and O–H groups in total. The summed E-state index contributed by atoms with van der Waals surface area (Å²) in [6, 6.07) is 10.8. The molecular formula is C18H21N3O. The van der Waals surface area contributed by atoms with Gasteiger partial charge >= 0.3 is 0 Å². The number of nitrogens with one attached hydrogen (secondary N) is 1. The Bertz CT molecular complexity index is 788. The summed E-state index contributed by atoms with van der Waals surface area (Å²) < 4.78 is 5.24. The zero-order valence-corrected chi connectivity index (χ0v) is 13.5. The first kappa shape index (κ1) is 14.7. The van der Waals surface area contributed by atoms with Gasteiger partial charge in [-0.2, -0.15) is 0 Å². The van der Waals surface area contributed by atoms with Crippen LogP contribution in [0.1, 0.15) is 41.2 Å². The molecule has 0 aliphatic carbocycles. The number of fused-ring (bicyclic) bond motifs is 1. The molecule has 0 saturated heterocycles. The Kier molecular flexibility index (Phi) is 3.94. The van der Waals surface area contributed by atoms with Crippen LogP contribution in [-0.2, 0) is 6.54 Å². The van der Waals surface area contributed by atoms with Crippen molar-refractivity contribution in [1.29, 1.82) is 0 Å². The lowest BCUT2D eigenvalue weighted by Gasteiger charge is -2.14. The Morgan fingerprint density at radius 3 is 2.68 bits per heavy atom. The van der Waals surface area contributed by atoms with Crippen molar-refractivity contribution in [3.63, 3.8) is 0 Å². The van der Waals surface area contributed by atoms with Crippen LogP contribution in [0.4, 0.5) is 0 Å². The third kappa shape index (κ3) is 2.88. The molecule has 0 aliphatic rings. The van der Waals surface area contributed by atoms with Crippen LogP contribution in [-0.4, -0.2) is 10.1 Å². The summed E-state index contributed by atoms with van der Waals surface area (Å²) >= 11 is 0. The molecule has 3 aromatic rings. The molecule has 1 atom stereocenters. The Balaban J connectivity index is 1.75. The van der Waals surface area contributed by atoms with Crippen LogP contribution in [0.5, 0.6) is 0 Å². The summed E-state index contributed by atoms with van der Waals surface area (Å²) in [6.07, 6.45) is 0. The van der Waals surface area contributed by atoms with Crippen molar-refractivity contribution in [3.8, 4) is 0 Å². The van der Waals surface area contributed by atoms with E-state index in [1.165, 1.54) is 10.9 Å². The summed E-state index contributed by atoms with van der Waals surface area (Å²) in [5, 5.41) is 8.73. The molecule has 0 fully saturated rings. The minimum atomic E-state index is 0.207. The van der Waals surface area contributed by atoms with Crippen molar-refractivity contribution in [1.82, 2.24) is 15.5 Å². The van der Waals surface area contributed by atoms with E-state index in [-0.39, 0.29) is 6.04 Å². The topological polar surface area (TPSA) is 51.0 Å². The molecule has 4 heteroatoms. The Labute approximate surface area is 130 Å². The van der Waals surface area contributed by atoms with Gasteiger partial charge in [0.15, 0.2) is 0 Å². The molecule has 114 valence electrons. The maximum atomic E-state index is 5.24. The summed E-state index contributed by atoms with van der Waals surface area (Å²) in [7, 11) is 0. The molecule has 22 heavy (non-hydrogen) atoms. The SMILES string of the molecule is Cc1ccc2cc(CN[C@H](C)c3c(C)noc3C)ccc2n1. The second-order valence-corrected chi connectivity index (χ2v) is 5.82. The van der Waals surface area contributed by atoms with Gasteiger partial charge in [0.2, 0.25) is 0 Å². The monoisotopic (exact) mass is 295 g/mol. The zero-order chi connectivity index (χ0) is 15.7. The minimum Gasteiger partial charge on any atom is -0.361 e. The van der Waals surface area contributed by atoms with Gasteiger partial charge in [-0.15, -0.1) is 0 Å². The summed E-state index contributed by atoms with van der Waals surface area (Å²) in [4.78, 5) is 4.53. The summed E-state index contributed by atoms with van der Waals surface area (Å²) in [5.74, 6) is 0.885. The van der Waals surface area contributed by atoms with Crippen LogP contribution in [0.2, 0.25) is 0 Å². The molecule has 0 spiro atoms. The van der Waals surface area contributed by atoms with E-state index >= 15 is 0 Å². The third-order valence-electron chi connectivity index (χ3n) is 4.03. The van der Waals surface area contributed by atoms with Crippen molar-refractivity contribution in [3.05, 3.63) is 58.6 Å². The maximum absolute atomic E-state index is 5.24. The first-order valence-corrected chi connectivity index (χ1v) is 7.57. The normalized spacial score (nSPS) is 12.7. The van der Waals surface area contributed by atoms with E-state index in [1.54, 1.807) is 0 Å². The van der Waals surface area contributed by atoms with E-state index < -0.39 is 0 Å². The number of aromatic nitrogens is 2. The largest absolute Gasteiger partial charge is 0.361 e. The quantitative estimate of drug-likeness (QED) is 0.790. The Morgan fingerprint density at radius 2 is 1.95 bits per heavy atom. The molecule has 0 radical (unpaired) electrons. The highest BCUT2D eigenvalue weighted by Crippen LogP contribution is 2.22. The lowest BCUT2D eigenvalue weighted by Crippen LogP contribution is -2.19. The highest BCUT2D eigenvalue weighted by molar-refractivity contribution is 5.79. The van der Waals surface area contributed by atoms with Crippen molar-refractivity contribution in [2.45, 2.75) is 40.3 Å². The van der Waals surface area contributed by atoms with Gasteiger partial charge in [-0.1, -0.05) is 17.3 Å². The molecule has 0 aliphatic heterocycles. The van der Waals surface area contributed by atoms with Gasteiger partial charge in [0, 0.05) is 29.2 Å². The highest BCUT2D eigenvalue weighted by atomic mass is 16.5. The predicted octanol–water partition coefficient (Wildman–Crippen LogP) is 4.00. The fourth-order valence-corrected chi connectivity index (χ4v) is 2.87. The van der Waals surface area contributed by atoms with Crippen LogP contribution in [0.3, 0.4) is 0 Å². The maximum Gasteiger partial charge on any atom is 0.138 e. The lowest BCUT2D eigenvalue weighted by atomic mass is 10.1. The van der Waals surface area contributed by atoms with Crippen LogP contribution >= 0.6 is 0 Å². The zero-order valence-electron chi connectivity index (χ0n) is 13.5. The molecule has 0 amide bonds. The number of pyridine rings is 1. The van der Waals surface area contributed by atoms with Crippen molar-refractivity contribution in [2.24, 2.45) is 0 Å². The molecule has 0 unspecified atom stereocenters. The molecule has 1 aromatic carbocycles. The first-order chi connectivity index (χ1) is 10.5. The van der Waals surface area contributed by atoms with Gasteiger partial charge in [0.25, 0.3) is 0 Å². The number of benzene rings is 1. The van der Waals surface area contributed by atoms with Gasteiger partial charge < -0.3 is 9.84 Å². The van der Waals surface area contributed by atoms with Gasteiger partial charge in [0.1, 0.15) is 5.76 Å². The summed E-state index contributed by atoms with van der Waals surface area (Å²) in [5.41, 5.74) is 5.44. The van der Waals surface area contributed by atoms with E-state index in [0.717, 1.165) is 34.8 Å². The highest BCUT2D eigenvalue weighted by Gasteiger charge is 2.15. The van der Waals surface area contributed by atoms with E-state index in [9.17, 15) is 0 Å². The van der Waals surface area contributed by atoms with Gasteiger partial charge in [-0.05, 0) is 51.5 Å². The Hall–Kier alpha value is -2.20. The van der Waals surface area contributed by atoms with Crippen LogP contribution in [0.25, 0.3) is 10.9 Å². The van der Waals surface area contributed by atoms with Crippen LogP contribution in [0, 0.1) is 20.8 Å². The number of hydrogen-bond donors (Lipinski definition) is 1. The van der Waals surface area contributed by atoms with Gasteiger partial charge in [0.05, 0.1) is 11.2 Å². The second-order valence-electron chi connectivity index (χ2n) is 5.82. The van der Waals surface area contributed by atoms with Crippen LogP contribution in [0.15, 0.2) is 34.9 Å². The molecule has 2 aromatic heterocycles. The molecule has 2 heterocycles. The van der Waals surface area contributed by atoms with Gasteiger partial charge in [-0.3, -0.25) is 4.98 Å². The number of nitrogens with zero attached hydrogens (tertiary/aromatic N) is 2. The average Bonchev–Trinajstić information content (AvgIpc) is 2.84. The third-order valence-corrected chi connectivity index (χ3v) is 4.03. The average molecular weight is 295 g/mol. The molecule has 0 saturated carbocycles. The minimum absolute atomic E-state index is 0.207. The fraction of sp³-hybridized carbons (Fsp3) is 0.333. The summed E-state index contributed by atoms with van der Waals surface area (Å²) in [6.45, 7) is 8.89. The predicted molar refractivity (Wildman–Crippen MR) is 87.7 cm³/mol. The van der Waals surface area contributed by atoms with Crippen molar-refractivity contribution >= 4 is 10.9 Å². The smallest absolute Gasteiger partial charge is 0.138 e. The molecule has 0 bridgehead atoms. The number of aryl methyl sites for hydroxylation is 3. The Morgan fingerprint density at radius 1 is 1.14 bits per heavy atom. The van der Waals surface area contributed by atoms with Crippen molar-refractivity contribution < 1.29 is 4.52 Å². The van der Waals surface area contributed by atoms with E-state index in [1.807, 2.05) is 26.8 Å². The first-order valence-electron chi connectivity index (χ1n) is 7.57. The number of hydrogen-bond acceptors (Lipinski definition) is 4. The molecule has 3 rings (SSSR count). The van der Waals surface area contributed by atoms with Crippen LogP contribution < -0.4 is 5.32 Å². The molecule has 4 nitrogen and oxygen atoms in total. The number of rotatable bonds is 4. The standard InChI is InChI=1S/C18H21N3O/c1-11-5-7-16-9-15(6-8-17(16)20-11)10-19-12(2)18-13(3)21-22-14(18)4/h5-9,12,19H,10H2,1-4H3/t12-/m1/s1. The van der Waals surface area contributed by atoms with E-state index in [4.69, 9.17) is 4.52 Å². The van der Waals surface area contributed by atoms with Gasteiger partial charge in [-0.25, -0.2) is 0 Å². The fourth-order valence-electron chi connectivity index (χ4n) is 2.87.